The molecule has 0 aromatic heterocycles. The molecule has 136 valence electrons. The van der Waals surface area contributed by atoms with Crippen molar-refractivity contribution < 1.29 is 0 Å². The molecule has 0 N–H and O–H groups in total. The fourth-order valence-corrected chi connectivity index (χ4v) is 2.86. The van der Waals surface area contributed by atoms with E-state index in [2.05, 4.69) is 64.6 Å². The van der Waals surface area contributed by atoms with Crippen molar-refractivity contribution >= 4 is 0 Å². The number of nitrogens with zero attached hydrogens (tertiary/aromatic N) is 1. The Morgan fingerprint density at radius 3 is 1.83 bits per heavy atom. The third-order valence-electron chi connectivity index (χ3n) is 4.03. The zero-order chi connectivity index (χ0) is 17.6. The first-order valence-electron chi connectivity index (χ1n) is 9.06. The molecule has 1 aromatic carbocycles. The fourth-order valence-electron chi connectivity index (χ4n) is 2.86. The van der Waals surface area contributed by atoms with E-state index in [1.54, 1.807) is 11.1 Å². The lowest BCUT2D eigenvalue weighted by Gasteiger charge is -2.41. The van der Waals surface area contributed by atoms with Crippen molar-refractivity contribution in [2.45, 2.75) is 101 Å². The molecule has 1 nitrogen and oxygen atoms in total. The van der Waals surface area contributed by atoms with Gasteiger partial charge in [0.2, 0.25) is 0 Å². The highest BCUT2D eigenvalue weighted by molar-refractivity contribution is 5.40. The largest absolute Gasteiger partial charge is 0.294 e. The van der Waals surface area contributed by atoms with Crippen LogP contribution in [-0.2, 0) is 18.4 Å². The number of hydrogen-bond donors (Lipinski definition) is 0. The van der Waals surface area contributed by atoms with E-state index < -0.39 is 0 Å². The Morgan fingerprint density at radius 2 is 1.39 bits per heavy atom. The van der Waals surface area contributed by atoms with Crippen LogP contribution in [0.15, 0.2) is 18.2 Å². The van der Waals surface area contributed by atoms with Crippen LogP contribution in [0.4, 0.5) is 0 Å². The maximum atomic E-state index is 2.60. The number of benzene rings is 1. The Labute approximate surface area is 147 Å². The van der Waals surface area contributed by atoms with E-state index in [0.717, 1.165) is 6.54 Å². The third kappa shape index (κ3) is 6.67. The molecule has 0 spiro atoms. The monoisotopic (exact) mass is 321 g/mol. The van der Waals surface area contributed by atoms with Crippen molar-refractivity contribution in [3.63, 3.8) is 0 Å². The Morgan fingerprint density at radius 1 is 0.870 bits per heavy atom. The lowest BCUT2D eigenvalue weighted by Crippen LogP contribution is -2.44. The van der Waals surface area contributed by atoms with Gasteiger partial charge < -0.3 is 0 Å². The van der Waals surface area contributed by atoms with E-state index in [4.69, 9.17) is 0 Å². The average molecular weight is 322 g/mol. The van der Waals surface area contributed by atoms with E-state index in [0.29, 0.717) is 0 Å². The molecular weight excluding hydrogens is 278 g/mol. The van der Waals surface area contributed by atoms with Gasteiger partial charge in [-0.1, -0.05) is 74.1 Å². The van der Waals surface area contributed by atoms with Gasteiger partial charge in [0.15, 0.2) is 0 Å². The van der Waals surface area contributed by atoms with E-state index in [9.17, 15) is 0 Å². The quantitative estimate of drug-likeness (QED) is 0.506. The molecular formula is C22H43N. The molecule has 0 atom stereocenters. The van der Waals surface area contributed by atoms with Gasteiger partial charge in [-0.3, -0.25) is 4.90 Å². The van der Waals surface area contributed by atoms with Crippen LogP contribution in [-0.4, -0.2) is 17.0 Å². The van der Waals surface area contributed by atoms with Gasteiger partial charge in [0, 0.05) is 18.6 Å². The fraction of sp³-hybridized carbons (Fsp3) is 0.727. The van der Waals surface area contributed by atoms with Gasteiger partial charge in [-0.05, 0) is 49.3 Å². The molecule has 1 aliphatic rings. The van der Waals surface area contributed by atoms with Crippen LogP contribution in [0.1, 0.15) is 93.4 Å². The number of rotatable bonds is 0. The molecule has 1 heteroatoms. The maximum absolute atomic E-state index is 2.60. The van der Waals surface area contributed by atoms with Gasteiger partial charge in [0.25, 0.3) is 0 Å². The summed E-state index contributed by atoms with van der Waals surface area (Å²) < 4.78 is 0. The van der Waals surface area contributed by atoms with Crippen molar-refractivity contribution in [1.29, 1.82) is 0 Å². The SMILES string of the molecule is C.CC.CC.CC(C)(C)c1cccc2c1CN(C(C)(C)C)CC2. The standard InChI is InChI=1S/C17H27N.2C2H6.CH4/c1-16(2,3)15-9-7-8-13-10-11-18(12-14(13)15)17(4,5)6;2*1-2;/h7-9H,10-12H2,1-6H3;2*1-2H3;1H4. The Balaban J connectivity index is 0. The summed E-state index contributed by atoms with van der Waals surface area (Å²) in [5, 5.41) is 0. The molecule has 1 aliphatic heterocycles. The number of hydrogen-bond acceptors (Lipinski definition) is 1. The minimum atomic E-state index is 0. The van der Waals surface area contributed by atoms with Gasteiger partial charge in [0.05, 0.1) is 0 Å². The second kappa shape index (κ2) is 10.1. The van der Waals surface area contributed by atoms with Crippen LogP contribution < -0.4 is 0 Å². The predicted octanol–water partition coefficient (Wildman–Crippen LogP) is 6.83. The van der Waals surface area contributed by atoms with Crippen LogP contribution in [0.3, 0.4) is 0 Å². The Bertz CT molecular complexity index is 432. The minimum Gasteiger partial charge on any atom is -0.294 e. The summed E-state index contributed by atoms with van der Waals surface area (Å²) in [7, 11) is 0. The first kappa shape index (κ1) is 24.4. The van der Waals surface area contributed by atoms with Crippen molar-refractivity contribution in [1.82, 2.24) is 4.90 Å². The summed E-state index contributed by atoms with van der Waals surface area (Å²) in [6.45, 7) is 24.2. The first-order chi connectivity index (χ1) is 10.2. The normalized spacial score (nSPS) is 14.3. The van der Waals surface area contributed by atoms with Gasteiger partial charge in [-0.2, -0.15) is 0 Å². The molecule has 0 bridgehead atoms. The highest BCUT2D eigenvalue weighted by Gasteiger charge is 2.29. The van der Waals surface area contributed by atoms with Gasteiger partial charge in [-0.15, -0.1) is 0 Å². The smallest absolute Gasteiger partial charge is 0.0244 e. The van der Waals surface area contributed by atoms with E-state index in [1.807, 2.05) is 27.7 Å². The lowest BCUT2D eigenvalue weighted by atomic mass is 9.80. The van der Waals surface area contributed by atoms with Crippen molar-refractivity contribution in [3.8, 4) is 0 Å². The zero-order valence-electron chi connectivity index (χ0n) is 16.8. The van der Waals surface area contributed by atoms with Crippen molar-refractivity contribution in [2.24, 2.45) is 0 Å². The highest BCUT2D eigenvalue weighted by Crippen LogP contribution is 2.33. The molecule has 1 heterocycles. The predicted molar refractivity (Wildman–Crippen MR) is 108 cm³/mol. The maximum Gasteiger partial charge on any atom is 0.0244 e. The molecule has 1 aromatic rings. The second-order valence-corrected chi connectivity index (χ2v) is 7.54. The topological polar surface area (TPSA) is 3.24 Å². The summed E-state index contributed by atoms with van der Waals surface area (Å²) in [6.07, 6.45) is 1.19. The van der Waals surface area contributed by atoms with Crippen LogP contribution in [0.25, 0.3) is 0 Å². The summed E-state index contributed by atoms with van der Waals surface area (Å²) >= 11 is 0. The van der Waals surface area contributed by atoms with Crippen LogP contribution >= 0.6 is 0 Å². The molecule has 23 heavy (non-hydrogen) atoms. The second-order valence-electron chi connectivity index (χ2n) is 7.54. The summed E-state index contributed by atoms with van der Waals surface area (Å²) in [4.78, 5) is 2.60. The number of fused-ring (bicyclic) bond motifs is 1. The molecule has 0 unspecified atom stereocenters. The van der Waals surface area contributed by atoms with E-state index in [-0.39, 0.29) is 18.4 Å². The van der Waals surface area contributed by atoms with Crippen LogP contribution in [0.2, 0.25) is 0 Å². The molecule has 0 radical (unpaired) electrons. The average Bonchev–Trinajstić information content (AvgIpc) is 2.48. The molecule has 0 saturated carbocycles. The molecule has 0 saturated heterocycles. The summed E-state index contributed by atoms with van der Waals surface area (Å²) in [5.74, 6) is 0. The zero-order valence-corrected chi connectivity index (χ0v) is 16.8. The van der Waals surface area contributed by atoms with Crippen LogP contribution in [0, 0.1) is 0 Å². The summed E-state index contributed by atoms with van der Waals surface area (Å²) in [5.41, 5.74) is 5.16. The van der Waals surface area contributed by atoms with Crippen LogP contribution in [0.5, 0.6) is 0 Å². The molecule has 2 rings (SSSR count). The van der Waals surface area contributed by atoms with Gasteiger partial charge in [0.1, 0.15) is 0 Å². The molecule has 0 fully saturated rings. The van der Waals surface area contributed by atoms with E-state index in [1.165, 1.54) is 18.5 Å². The Hall–Kier alpha value is -0.820. The molecule has 0 amide bonds. The highest BCUT2D eigenvalue weighted by atomic mass is 15.2. The Kier molecular flexibility index (Phi) is 10.8. The van der Waals surface area contributed by atoms with Gasteiger partial charge >= 0.3 is 0 Å². The van der Waals surface area contributed by atoms with E-state index >= 15 is 0 Å². The van der Waals surface area contributed by atoms with Crippen molar-refractivity contribution in [3.05, 3.63) is 34.9 Å². The molecule has 0 aliphatic carbocycles. The summed E-state index contributed by atoms with van der Waals surface area (Å²) in [6, 6.07) is 6.85. The van der Waals surface area contributed by atoms with Crippen molar-refractivity contribution in [2.75, 3.05) is 6.54 Å². The first-order valence-corrected chi connectivity index (χ1v) is 9.06. The van der Waals surface area contributed by atoms with Gasteiger partial charge in [-0.25, -0.2) is 0 Å². The lowest BCUT2D eigenvalue weighted by molar-refractivity contribution is 0.120. The minimum absolute atomic E-state index is 0. The third-order valence-corrected chi connectivity index (χ3v) is 4.03.